The molecule has 0 aliphatic heterocycles. The third kappa shape index (κ3) is 2.75. The van der Waals surface area contributed by atoms with Crippen LogP contribution in [0.15, 0.2) is 41.6 Å². The minimum Gasteiger partial charge on any atom is -0.342 e. The van der Waals surface area contributed by atoms with Crippen molar-refractivity contribution in [1.29, 1.82) is 0 Å². The highest BCUT2D eigenvalue weighted by atomic mass is 32.2. The standard InChI is InChI=1S/C14H17N5O2S/c1-18(2)22(20,21)11-9-15-19(10-11)8-7-14-16-12-5-3-4-6-13(12)17-14/h3-6,9-10H,7-8H2,1-2H3,(H,16,17). The normalized spacial score (nSPS) is 12.3. The van der Waals surface area contributed by atoms with Crippen molar-refractivity contribution in [2.24, 2.45) is 0 Å². The molecule has 8 heteroatoms. The second-order valence-electron chi connectivity index (χ2n) is 5.18. The van der Waals surface area contributed by atoms with E-state index in [0.717, 1.165) is 16.9 Å². The number of rotatable bonds is 5. The third-order valence-electron chi connectivity index (χ3n) is 3.40. The molecule has 2 aromatic heterocycles. The summed E-state index contributed by atoms with van der Waals surface area (Å²) in [6.45, 7) is 0.558. The fourth-order valence-electron chi connectivity index (χ4n) is 2.16. The Morgan fingerprint density at radius 1 is 1.27 bits per heavy atom. The van der Waals surface area contributed by atoms with Crippen molar-refractivity contribution in [1.82, 2.24) is 24.1 Å². The van der Waals surface area contributed by atoms with Crippen molar-refractivity contribution in [3.8, 4) is 0 Å². The highest BCUT2D eigenvalue weighted by Gasteiger charge is 2.19. The number of sulfonamides is 1. The number of nitrogens with one attached hydrogen (secondary N) is 1. The second-order valence-corrected chi connectivity index (χ2v) is 7.33. The van der Waals surface area contributed by atoms with Crippen LogP contribution < -0.4 is 0 Å². The molecule has 0 radical (unpaired) electrons. The second kappa shape index (κ2) is 5.54. The molecule has 0 amide bonds. The first-order valence-corrected chi connectivity index (χ1v) is 8.29. The predicted molar refractivity (Wildman–Crippen MR) is 82.9 cm³/mol. The number of aryl methyl sites for hydroxylation is 2. The van der Waals surface area contributed by atoms with Crippen LogP contribution in [0.1, 0.15) is 5.82 Å². The van der Waals surface area contributed by atoms with Crippen LogP contribution in [0.5, 0.6) is 0 Å². The minimum atomic E-state index is -3.43. The van der Waals surface area contributed by atoms with Crippen molar-refractivity contribution in [2.75, 3.05) is 14.1 Å². The number of hydrogen-bond acceptors (Lipinski definition) is 4. The Kier molecular flexibility index (Phi) is 3.71. The van der Waals surface area contributed by atoms with Crippen LogP contribution in [0.4, 0.5) is 0 Å². The van der Waals surface area contributed by atoms with Crippen molar-refractivity contribution < 1.29 is 8.42 Å². The van der Waals surface area contributed by atoms with E-state index in [4.69, 9.17) is 0 Å². The highest BCUT2D eigenvalue weighted by Crippen LogP contribution is 2.13. The first-order valence-electron chi connectivity index (χ1n) is 6.85. The van der Waals surface area contributed by atoms with Gasteiger partial charge in [0.05, 0.1) is 17.2 Å². The lowest BCUT2D eigenvalue weighted by atomic mass is 10.3. The van der Waals surface area contributed by atoms with Gasteiger partial charge in [0.25, 0.3) is 0 Å². The van der Waals surface area contributed by atoms with Gasteiger partial charge in [0.1, 0.15) is 10.7 Å². The van der Waals surface area contributed by atoms with Crippen LogP contribution in [0.25, 0.3) is 11.0 Å². The average molecular weight is 319 g/mol. The summed E-state index contributed by atoms with van der Waals surface area (Å²) in [6.07, 6.45) is 3.56. The van der Waals surface area contributed by atoms with Crippen molar-refractivity contribution in [3.63, 3.8) is 0 Å². The molecule has 0 aliphatic rings. The van der Waals surface area contributed by atoms with Crippen molar-refractivity contribution in [3.05, 3.63) is 42.5 Å². The van der Waals surface area contributed by atoms with Crippen LogP contribution in [0, 0.1) is 0 Å². The van der Waals surface area contributed by atoms with Gasteiger partial charge in [0.2, 0.25) is 10.0 Å². The van der Waals surface area contributed by atoms with Crippen LogP contribution >= 0.6 is 0 Å². The molecule has 3 rings (SSSR count). The number of fused-ring (bicyclic) bond motifs is 1. The molecule has 7 nitrogen and oxygen atoms in total. The molecule has 1 aromatic carbocycles. The number of aromatic nitrogens is 4. The lowest BCUT2D eigenvalue weighted by molar-refractivity contribution is 0.520. The van der Waals surface area contributed by atoms with E-state index in [0.29, 0.717) is 13.0 Å². The number of para-hydroxylation sites is 2. The summed E-state index contributed by atoms with van der Waals surface area (Å²) in [5.74, 6) is 0.855. The van der Waals surface area contributed by atoms with Gasteiger partial charge in [-0.25, -0.2) is 17.7 Å². The summed E-state index contributed by atoms with van der Waals surface area (Å²) < 4.78 is 26.8. The lowest BCUT2D eigenvalue weighted by Gasteiger charge is -2.08. The molecule has 0 fully saturated rings. The van der Waals surface area contributed by atoms with E-state index in [1.54, 1.807) is 4.68 Å². The van der Waals surface area contributed by atoms with Gasteiger partial charge in [-0.3, -0.25) is 4.68 Å². The Labute approximate surface area is 128 Å². The van der Waals surface area contributed by atoms with Crippen molar-refractivity contribution in [2.45, 2.75) is 17.9 Å². The number of benzene rings is 1. The lowest BCUT2D eigenvalue weighted by Crippen LogP contribution is -2.21. The molecular weight excluding hydrogens is 302 g/mol. The molecule has 0 spiro atoms. The maximum atomic E-state index is 12.0. The first-order chi connectivity index (χ1) is 10.5. The van der Waals surface area contributed by atoms with Gasteiger partial charge in [-0.1, -0.05) is 12.1 Å². The molecule has 0 aliphatic carbocycles. The SMILES string of the molecule is CN(C)S(=O)(=O)c1cnn(CCc2nc3ccccc3[nH]2)c1. The van der Waals surface area contributed by atoms with E-state index in [1.807, 2.05) is 24.3 Å². The fraction of sp³-hybridized carbons (Fsp3) is 0.286. The number of imidazole rings is 1. The average Bonchev–Trinajstić information content (AvgIpc) is 3.11. The number of nitrogens with zero attached hydrogens (tertiary/aromatic N) is 4. The Morgan fingerprint density at radius 2 is 2.05 bits per heavy atom. The number of aromatic amines is 1. The molecule has 116 valence electrons. The molecular formula is C14H17N5O2S. The zero-order valence-corrected chi connectivity index (χ0v) is 13.2. The molecule has 0 saturated carbocycles. The van der Waals surface area contributed by atoms with E-state index in [-0.39, 0.29) is 4.90 Å². The van der Waals surface area contributed by atoms with Gasteiger partial charge in [0, 0.05) is 33.3 Å². The summed E-state index contributed by atoms with van der Waals surface area (Å²) in [4.78, 5) is 7.93. The molecule has 2 heterocycles. The predicted octanol–water partition coefficient (Wildman–Crippen LogP) is 1.25. The van der Waals surface area contributed by atoms with E-state index in [1.165, 1.54) is 30.8 Å². The Morgan fingerprint density at radius 3 is 2.77 bits per heavy atom. The molecule has 0 saturated heterocycles. The molecule has 0 bridgehead atoms. The molecule has 22 heavy (non-hydrogen) atoms. The van der Waals surface area contributed by atoms with Gasteiger partial charge in [-0.2, -0.15) is 5.10 Å². The van der Waals surface area contributed by atoms with Crippen LogP contribution in [0.2, 0.25) is 0 Å². The summed E-state index contributed by atoms with van der Waals surface area (Å²) >= 11 is 0. The minimum absolute atomic E-state index is 0.196. The largest absolute Gasteiger partial charge is 0.342 e. The van der Waals surface area contributed by atoms with E-state index in [9.17, 15) is 8.42 Å². The summed E-state index contributed by atoms with van der Waals surface area (Å²) in [7, 11) is -0.431. The Hall–Kier alpha value is -2.19. The molecule has 3 aromatic rings. The quantitative estimate of drug-likeness (QED) is 0.767. The van der Waals surface area contributed by atoms with E-state index < -0.39 is 10.0 Å². The van der Waals surface area contributed by atoms with Gasteiger partial charge < -0.3 is 4.98 Å². The maximum Gasteiger partial charge on any atom is 0.245 e. The van der Waals surface area contributed by atoms with Gasteiger partial charge >= 0.3 is 0 Å². The van der Waals surface area contributed by atoms with Gasteiger partial charge in [-0.15, -0.1) is 0 Å². The highest BCUT2D eigenvalue weighted by molar-refractivity contribution is 7.89. The van der Waals surface area contributed by atoms with Crippen LogP contribution in [-0.2, 0) is 23.0 Å². The monoisotopic (exact) mass is 319 g/mol. The van der Waals surface area contributed by atoms with E-state index >= 15 is 0 Å². The summed E-state index contributed by atoms with van der Waals surface area (Å²) in [5, 5.41) is 4.10. The van der Waals surface area contributed by atoms with E-state index in [2.05, 4.69) is 15.1 Å². The zero-order valence-electron chi connectivity index (χ0n) is 12.4. The van der Waals surface area contributed by atoms with Gasteiger partial charge in [0.15, 0.2) is 0 Å². The summed E-state index contributed by atoms with van der Waals surface area (Å²) in [6, 6.07) is 7.82. The summed E-state index contributed by atoms with van der Waals surface area (Å²) in [5.41, 5.74) is 1.92. The van der Waals surface area contributed by atoms with Crippen LogP contribution in [-0.4, -0.2) is 46.6 Å². The van der Waals surface area contributed by atoms with Gasteiger partial charge in [-0.05, 0) is 12.1 Å². The molecule has 0 atom stereocenters. The zero-order chi connectivity index (χ0) is 15.7. The fourth-order valence-corrected chi connectivity index (χ4v) is 3.01. The molecule has 1 N–H and O–H groups in total. The first kappa shape index (κ1) is 14.7. The van der Waals surface area contributed by atoms with Crippen LogP contribution in [0.3, 0.4) is 0 Å². The van der Waals surface area contributed by atoms with Crippen molar-refractivity contribution >= 4 is 21.1 Å². The maximum absolute atomic E-state index is 12.0. The molecule has 0 unspecified atom stereocenters. The number of hydrogen-bond donors (Lipinski definition) is 1. The smallest absolute Gasteiger partial charge is 0.245 e. The Balaban J connectivity index is 1.73. The number of H-pyrrole nitrogens is 1. The topological polar surface area (TPSA) is 83.9 Å². The third-order valence-corrected chi connectivity index (χ3v) is 5.17. The Bertz CT molecular complexity index is 862.